The van der Waals surface area contributed by atoms with Gasteiger partial charge in [-0.3, -0.25) is 9.59 Å². The summed E-state index contributed by atoms with van der Waals surface area (Å²) in [5.74, 6) is 0.625. The van der Waals surface area contributed by atoms with Gasteiger partial charge in [0.2, 0.25) is 11.8 Å². The minimum absolute atomic E-state index is 0.00764. The topological polar surface area (TPSA) is 84.0 Å². The molecule has 9 heteroatoms. The van der Waals surface area contributed by atoms with Gasteiger partial charge in [-0.25, -0.2) is 0 Å². The highest BCUT2D eigenvalue weighted by atomic mass is 32.2. The van der Waals surface area contributed by atoms with E-state index in [0.717, 1.165) is 47.2 Å². The van der Waals surface area contributed by atoms with Crippen molar-refractivity contribution in [1.29, 1.82) is 0 Å². The van der Waals surface area contributed by atoms with Gasteiger partial charge in [0, 0.05) is 0 Å². The van der Waals surface area contributed by atoms with Gasteiger partial charge in [-0.2, -0.15) is 0 Å². The lowest BCUT2D eigenvalue weighted by Crippen LogP contribution is -2.32. The van der Waals surface area contributed by atoms with Crippen molar-refractivity contribution in [2.45, 2.75) is 59.3 Å². The summed E-state index contributed by atoms with van der Waals surface area (Å²) in [5.41, 5.74) is 5.14. The monoisotopic (exact) mass is 524 g/mol. The van der Waals surface area contributed by atoms with Crippen LogP contribution in [0.5, 0.6) is 0 Å². The van der Waals surface area contributed by atoms with Gasteiger partial charge in [0.25, 0.3) is 0 Å². The van der Waals surface area contributed by atoms with Crippen molar-refractivity contribution in [3.05, 3.63) is 70.8 Å². The molecule has 3 aromatic rings. The molecule has 2 aliphatic carbocycles. The molecule has 35 heavy (non-hydrogen) atoms. The van der Waals surface area contributed by atoms with Crippen LogP contribution in [0.1, 0.15) is 60.0 Å². The molecule has 0 unspecified atom stereocenters. The van der Waals surface area contributed by atoms with Crippen LogP contribution < -0.4 is 10.6 Å². The van der Waals surface area contributed by atoms with E-state index in [4.69, 9.17) is 0 Å². The van der Waals surface area contributed by atoms with Crippen LogP contribution in [0, 0.1) is 0 Å². The molecule has 0 radical (unpaired) electrons. The van der Waals surface area contributed by atoms with Gasteiger partial charge in [0.15, 0.2) is 8.68 Å². The van der Waals surface area contributed by atoms with Crippen molar-refractivity contribution in [2.24, 2.45) is 0 Å². The Morgan fingerprint density at radius 3 is 1.71 bits per heavy atom. The quantitative estimate of drug-likeness (QED) is 0.399. The second kappa shape index (κ2) is 11.6. The minimum Gasteiger partial charge on any atom is -0.349 e. The number of fused-ring (bicyclic) bond motifs is 2. The number of aryl methyl sites for hydroxylation is 2. The van der Waals surface area contributed by atoms with Crippen LogP contribution in [0.25, 0.3) is 0 Å². The molecule has 2 atom stereocenters. The highest BCUT2D eigenvalue weighted by Crippen LogP contribution is 2.32. The lowest BCUT2D eigenvalue weighted by Gasteiger charge is -2.26. The van der Waals surface area contributed by atoms with Crippen molar-refractivity contribution in [1.82, 2.24) is 20.8 Å². The summed E-state index contributed by atoms with van der Waals surface area (Å²) in [5, 5.41) is 14.7. The Morgan fingerprint density at radius 2 is 1.23 bits per heavy atom. The van der Waals surface area contributed by atoms with E-state index in [0.29, 0.717) is 11.5 Å². The number of thioether (sulfide) groups is 2. The Kier molecular flexibility index (Phi) is 8.06. The average molecular weight is 525 g/mol. The molecule has 2 amide bonds. The summed E-state index contributed by atoms with van der Waals surface area (Å²) in [6.45, 7) is 0. The van der Waals surface area contributed by atoms with E-state index in [1.54, 1.807) is 0 Å². The van der Waals surface area contributed by atoms with E-state index in [9.17, 15) is 9.59 Å². The van der Waals surface area contributed by atoms with Crippen LogP contribution in [0.2, 0.25) is 0 Å². The smallest absolute Gasteiger partial charge is 0.230 e. The van der Waals surface area contributed by atoms with E-state index in [1.807, 2.05) is 12.1 Å². The highest BCUT2D eigenvalue weighted by molar-refractivity contribution is 8.03. The largest absolute Gasteiger partial charge is 0.349 e. The first-order valence-corrected chi connectivity index (χ1v) is 14.8. The predicted octanol–water partition coefficient (Wildman–Crippen LogP) is 5.11. The molecular formula is C26H28N4O2S3. The number of carbonyl (C=O) groups is 2. The van der Waals surface area contributed by atoms with Crippen molar-refractivity contribution in [3.8, 4) is 0 Å². The van der Waals surface area contributed by atoms with Gasteiger partial charge in [-0.1, -0.05) is 83.4 Å². The van der Waals surface area contributed by atoms with Crippen molar-refractivity contribution < 1.29 is 9.59 Å². The zero-order valence-corrected chi connectivity index (χ0v) is 21.8. The Morgan fingerprint density at radius 1 is 0.771 bits per heavy atom. The lowest BCUT2D eigenvalue weighted by molar-refractivity contribution is -0.120. The first-order valence-electron chi connectivity index (χ1n) is 12.0. The Bertz CT molecular complexity index is 1110. The van der Waals surface area contributed by atoms with Crippen LogP contribution in [-0.2, 0) is 22.4 Å². The number of hydrogen-bond donors (Lipinski definition) is 2. The molecule has 0 saturated heterocycles. The zero-order chi connectivity index (χ0) is 24.0. The third-order valence-electron chi connectivity index (χ3n) is 6.45. The molecule has 2 aromatic carbocycles. The molecular weight excluding hydrogens is 497 g/mol. The molecule has 0 bridgehead atoms. The molecule has 182 valence electrons. The Balaban J connectivity index is 1.07. The van der Waals surface area contributed by atoms with Crippen LogP contribution in [0.4, 0.5) is 0 Å². The molecule has 1 heterocycles. The fraction of sp³-hybridized carbons (Fsp3) is 0.385. The molecule has 6 nitrogen and oxygen atoms in total. The number of aromatic nitrogens is 2. The Labute approximate surface area is 218 Å². The number of rotatable bonds is 8. The SMILES string of the molecule is O=C(CSc1nnc(SCC(=O)N[C@H]2CCCc3ccccc32)s1)N[C@H]1CCCc2ccccc21. The maximum Gasteiger partial charge on any atom is 0.230 e. The number of hydrogen-bond acceptors (Lipinski definition) is 7. The third kappa shape index (κ3) is 6.26. The Hall–Kier alpha value is -2.36. The molecule has 5 rings (SSSR count). The van der Waals surface area contributed by atoms with E-state index >= 15 is 0 Å². The number of amides is 2. The van der Waals surface area contributed by atoms with Crippen molar-refractivity contribution in [2.75, 3.05) is 11.5 Å². The second-order valence-corrected chi connectivity index (χ2v) is 12.3. The normalized spacial score (nSPS) is 18.9. The van der Waals surface area contributed by atoms with Crippen LogP contribution in [-0.4, -0.2) is 33.5 Å². The van der Waals surface area contributed by atoms with Gasteiger partial charge in [-0.15, -0.1) is 10.2 Å². The molecule has 0 spiro atoms. The van der Waals surface area contributed by atoms with Gasteiger partial charge in [-0.05, 0) is 60.8 Å². The first-order chi connectivity index (χ1) is 17.2. The molecule has 2 aliphatic rings. The lowest BCUT2D eigenvalue weighted by atomic mass is 9.88. The molecule has 0 saturated carbocycles. The number of nitrogens with one attached hydrogen (secondary N) is 2. The van der Waals surface area contributed by atoms with E-state index < -0.39 is 0 Å². The van der Waals surface area contributed by atoms with Gasteiger partial charge in [0.1, 0.15) is 0 Å². The van der Waals surface area contributed by atoms with Crippen LogP contribution in [0.15, 0.2) is 57.2 Å². The summed E-state index contributed by atoms with van der Waals surface area (Å²) in [7, 11) is 0. The highest BCUT2D eigenvalue weighted by Gasteiger charge is 2.23. The molecule has 1 aromatic heterocycles. The molecule has 2 N–H and O–H groups in total. The summed E-state index contributed by atoms with van der Waals surface area (Å²) < 4.78 is 1.49. The molecule has 0 fully saturated rings. The maximum absolute atomic E-state index is 12.6. The summed E-state index contributed by atoms with van der Waals surface area (Å²) in [6, 6.07) is 16.9. The van der Waals surface area contributed by atoms with Crippen LogP contribution in [0.3, 0.4) is 0 Å². The van der Waals surface area contributed by atoms with Crippen molar-refractivity contribution >= 4 is 46.7 Å². The number of nitrogens with zero attached hydrogens (tertiary/aromatic N) is 2. The van der Waals surface area contributed by atoms with E-state index in [-0.39, 0.29) is 23.9 Å². The van der Waals surface area contributed by atoms with E-state index in [2.05, 4.69) is 57.2 Å². The number of benzene rings is 2. The fourth-order valence-electron chi connectivity index (χ4n) is 4.85. The number of carbonyl (C=O) groups excluding carboxylic acids is 2. The van der Waals surface area contributed by atoms with Gasteiger partial charge in [0.05, 0.1) is 23.6 Å². The standard InChI is InChI=1S/C26H28N4O2S3/c31-23(27-21-13-5-9-17-7-1-3-11-19(17)21)15-33-25-29-30-26(35-25)34-16-24(32)28-22-14-6-10-18-8-2-4-12-20(18)22/h1-4,7-8,11-12,21-22H,5-6,9-10,13-16H2,(H,27,31)(H,28,32)/t21-,22-/m0/s1. The summed E-state index contributed by atoms with van der Waals surface area (Å²) in [6.07, 6.45) is 6.28. The minimum atomic E-state index is 0.00764. The first kappa shape index (κ1) is 24.3. The fourth-order valence-corrected chi connectivity index (χ4v) is 7.49. The second-order valence-electron chi connectivity index (χ2n) is 8.83. The predicted molar refractivity (Wildman–Crippen MR) is 142 cm³/mol. The van der Waals surface area contributed by atoms with E-state index in [1.165, 1.54) is 57.1 Å². The average Bonchev–Trinajstić information content (AvgIpc) is 3.35. The zero-order valence-electron chi connectivity index (χ0n) is 19.4. The van der Waals surface area contributed by atoms with Gasteiger partial charge >= 0.3 is 0 Å². The third-order valence-corrected chi connectivity index (χ3v) is 9.64. The van der Waals surface area contributed by atoms with Gasteiger partial charge < -0.3 is 10.6 Å². The van der Waals surface area contributed by atoms with Crippen LogP contribution >= 0.6 is 34.9 Å². The maximum atomic E-state index is 12.6. The molecule has 0 aliphatic heterocycles. The van der Waals surface area contributed by atoms with Crippen molar-refractivity contribution in [3.63, 3.8) is 0 Å². The summed E-state index contributed by atoms with van der Waals surface area (Å²) in [4.78, 5) is 25.1. The summed E-state index contributed by atoms with van der Waals surface area (Å²) >= 11 is 4.22.